The molecule has 0 aliphatic rings. The quantitative estimate of drug-likeness (QED) is 0.812. The molecule has 0 aromatic heterocycles. The number of benzene rings is 1. The second-order valence-corrected chi connectivity index (χ2v) is 5.55. The van der Waals surface area contributed by atoms with Crippen LogP contribution in [-0.2, 0) is 9.84 Å². The average Bonchev–Trinajstić information content (AvgIpc) is 2.00. The number of hydrogen-bond acceptors (Lipinski definition) is 3. The van der Waals surface area contributed by atoms with Crippen LogP contribution in [0, 0.1) is 13.8 Å². The molecule has 0 saturated heterocycles. The summed E-state index contributed by atoms with van der Waals surface area (Å²) >= 11 is 0. The van der Waals surface area contributed by atoms with Crippen LogP contribution in [0.5, 0.6) is 0 Å². The summed E-state index contributed by atoms with van der Waals surface area (Å²) in [7, 11) is -3.31. The number of amides is 1. The van der Waals surface area contributed by atoms with E-state index in [-0.39, 0.29) is 10.5 Å². The molecule has 82 valence electrons. The van der Waals surface area contributed by atoms with Gasteiger partial charge in [-0.2, -0.15) is 0 Å². The standard InChI is InChI=1S/C10H13NO3S/c1-6-4-7(2)9(15(3,13)14)5-8(6)10(11)12/h4-5H,1-3H3,(H2,11,12). The number of aryl methyl sites for hydroxylation is 2. The van der Waals surface area contributed by atoms with E-state index in [0.29, 0.717) is 11.1 Å². The fourth-order valence-electron chi connectivity index (χ4n) is 1.50. The van der Waals surface area contributed by atoms with Gasteiger partial charge in [0.15, 0.2) is 9.84 Å². The van der Waals surface area contributed by atoms with E-state index in [0.717, 1.165) is 6.26 Å². The van der Waals surface area contributed by atoms with Gasteiger partial charge < -0.3 is 5.73 Å². The van der Waals surface area contributed by atoms with E-state index >= 15 is 0 Å². The van der Waals surface area contributed by atoms with E-state index < -0.39 is 15.7 Å². The highest BCUT2D eigenvalue weighted by Crippen LogP contribution is 2.20. The number of carbonyl (C=O) groups excluding carboxylic acids is 1. The van der Waals surface area contributed by atoms with E-state index in [1.54, 1.807) is 19.9 Å². The molecular weight excluding hydrogens is 214 g/mol. The van der Waals surface area contributed by atoms with E-state index in [1.807, 2.05) is 0 Å². The van der Waals surface area contributed by atoms with Crippen LogP contribution in [0.25, 0.3) is 0 Å². The van der Waals surface area contributed by atoms with E-state index in [2.05, 4.69) is 0 Å². The molecule has 1 amide bonds. The van der Waals surface area contributed by atoms with Crippen molar-refractivity contribution in [3.05, 3.63) is 28.8 Å². The number of sulfone groups is 1. The summed E-state index contributed by atoms with van der Waals surface area (Å²) in [6, 6.07) is 2.98. The molecule has 15 heavy (non-hydrogen) atoms. The van der Waals surface area contributed by atoms with Crippen molar-refractivity contribution in [2.75, 3.05) is 6.26 Å². The lowest BCUT2D eigenvalue weighted by atomic mass is 10.1. The molecule has 0 aliphatic heterocycles. The maximum Gasteiger partial charge on any atom is 0.249 e. The first-order chi connectivity index (χ1) is 6.73. The van der Waals surface area contributed by atoms with Gasteiger partial charge in [0.2, 0.25) is 5.91 Å². The number of carbonyl (C=O) groups is 1. The van der Waals surface area contributed by atoms with Gasteiger partial charge in [-0.15, -0.1) is 0 Å². The zero-order chi connectivity index (χ0) is 11.8. The third-order valence-corrected chi connectivity index (χ3v) is 3.43. The first kappa shape index (κ1) is 11.7. The minimum Gasteiger partial charge on any atom is -0.366 e. The maximum absolute atomic E-state index is 11.4. The highest BCUT2D eigenvalue weighted by molar-refractivity contribution is 7.90. The van der Waals surface area contributed by atoms with Gasteiger partial charge in [0.25, 0.3) is 0 Å². The van der Waals surface area contributed by atoms with Crippen LogP contribution in [0.4, 0.5) is 0 Å². The second-order valence-electron chi connectivity index (χ2n) is 3.57. The Morgan fingerprint density at radius 1 is 1.20 bits per heavy atom. The minimum absolute atomic E-state index is 0.155. The molecule has 0 fully saturated rings. The fourth-order valence-corrected chi connectivity index (χ4v) is 2.47. The fraction of sp³-hybridized carbons (Fsp3) is 0.300. The third kappa shape index (κ3) is 2.36. The molecule has 0 aliphatic carbocycles. The van der Waals surface area contributed by atoms with Crippen LogP contribution in [0.15, 0.2) is 17.0 Å². The monoisotopic (exact) mass is 227 g/mol. The Morgan fingerprint density at radius 3 is 2.13 bits per heavy atom. The Hall–Kier alpha value is -1.36. The Labute approximate surface area is 89.0 Å². The van der Waals surface area contributed by atoms with Crippen molar-refractivity contribution in [3.8, 4) is 0 Å². The normalized spacial score (nSPS) is 11.4. The van der Waals surface area contributed by atoms with Gasteiger partial charge in [-0.05, 0) is 31.0 Å². The lowest BCUT2D eigenvalue weighted by molar-refractivity contribution is 0.0999. The van der Waals surface area contributed by atoms with Gasteiger partial charge in [-0.25, -0.2) is 8.42 Å². The molecule has 0 spiro atoms. The SMILES string of the molecule is Cc1cc(C)c(S(C)(=O)=O)cc1C(N)=O. The second kappa shape index (κ2) is 3.66. The molecule has 1 aromatic rings. The molecular formula is C10H13NO3S. The summed E-state index contributed by atoms with van der Waals surface area (Å²) in [6.07, 6.45) is 1.11. The molecule has 0 unspecified atom stereocenters. The van der Waals surface area contributed by atoms with Gasteiger partial charge in [0, 0.05) is 11.8 Å². The number of rotatable bonds is 2. The van der Waals surface area contributed by atoms with Crippen molar-refractivity contribution in [1.82, 2.24) is 0 Å². The van der Waals surface area contributed by atoms with E-state index in [1.165, 1.54) is 6.07 Å². The molecule has 0 atom stereocenters. The van der Waals surface area contributed by atoms with Gasteiger partial charge in [0.05, 0.1) is 4.90 Å². The van der Waals surface area contributed by atoms with Crippen LogP contribution in [0.2, 0.25) is 0 Å². The van der Waals surface area contributed by atoms with Crippen molar-refractivity contribution in [2.24, 2.45) is 5.73 Å². The summed E-state index contributed by atoms with van der Waals surface area (Å²) in [4.78, 5) is 11.2. The highest BCUT2D eigenvalue weighted by Gasteiger charge is 2.15. The van der Waals surface area contributed by atoms with Crippen molar-refractivity contribution in [3.63, 3.8) is 0 Å². The molecule has 0 radical (unpaired) electrons. The summed E-state index contributed by atoms with van der Waals surface area (Å²) in [6.45, 7) is 3.41. The number of primary amides is 1. The van der Waals surface area contributed by atoms with Gasteiger partial charge in [-0.3, -0.25) is 4.79 Å². The summed E-state index contributed by atoms with van der Waals surface area (Å²) in [5.41, 5.74) is 6.71. The highest BCUT2D eigenvalue weighted by atomic mass is 32.2. The molecule has 0 heterocycles. The molecule has 1 aromatic carbocycles. The van der Waals surface area contributed by atoms with Gasteiger partial charge in [-0.1, -0.05) is 6.07 Å². The zero-order valence-electron chi connectivity index (χ0n) is 8.87. The summed E-state index contributed by atoms with van der Waals surface area (Å²) in [5.74, 6) is -0.614. The Morgan fingerprint density at radius 2 is 1.73 bits per heavy atom. The maximum atomic E-state index is 11.4. The predicted molar refractivity (Wildman–Crippen MR) is 57.5 cm³/mol. The molecule has 0 saturated carbocycles. The van der Waals surface area contributed by atoms with Crippen molar-refractivity contribution < 1.29 is 13.2 Å². The van der Waals surface area contributed by atoms with Gasteiger partial charge >= 0.3 is 0 Å². The lowest BCUT2D eigenvalue weighted by Crippen LogP contribution is -2.14. The third-order valence-electron chi connectivity index (χ3n) is 2.19. The smallest absolute Gasteiger partial charge is 0.249 e. The number of hydrogen-bond donors (Lipinski definition) is 1. The van der Waals surface area contributed by atoms with Crippen LogP contribution in [0.1, 0.15) is 21.5 Å². The van der Waals surface area contributed by atoms with Crippen LogP contribution in [-0.4, -0.2) is 20.6 Å². The number of nitrogens with two attached hydrogens (primary N) is 1. The molecule has 4 nitrogen and oxygen atoms in total. The Kier molecular flexibility index (Phi) is 2.86. The predicted octanol–water partition coefficient (Wildman–Crippen LogP) is 0.806. The summed E-state index contributed by atoms with van der Waals surface area (Å²) in [5, 5.41) is 0. The summed E-state index contributed by atoms with van der Waals surface area (Å²) < 4.78 is 22.8. The molecule has 1 rings (SSSR count). The minimum atomic E-state index is -3.31. The first-order valence-corrected chi connectivity index (χ1v) is 6.23. The Bertz CT molecular complexity index is 518. The van der Waals surface area contributed by atoms with Gasteiger partial charge in [0.1, 0.15) is 0 Å². The van der Waals surface area contributed by atoms with E-state index in [9.17, 15) is 13.2 Å². The largest absolute Gasteiger partial charge is 0.366 e. The molecule has 2 N–H and O–H groups in total. The average molecular weight is 227 g/mol. The lowest BCUT2D eigenvalue weighted by Gasteiger charge is -2.08. The molecule has 0 bridgehead atoms. The van der Waals surface area contributed by atoms with Crippen molar-refractivity contribution in [2.45, 2.75) is 18.7 Å². The Balaban J connectivity index is 3.58. The zero-order valence-corrected chi connectivity index (χ0v) is 9.68. The first-order valence-electron chi connectivity index (χ1n) is 4.34. The van der Waals surface area contributed by atoms with Crippen molar-refractivity contribution in [1.29, 1.82) is 0 Å². The topological polar surface area (TPSA) is 77.2 Å². The van der Waals surface area contributed by atoms with Crippen LogP contribution < -0.4 is 5.73 Å². The van der Waals surface area contributed by atoms with Crippen molar-refractivity contribution >= 4 is 15.7 Å². The molecule has 5 heteroatoms. The van der Waals surface area contributed by atoms with E-state index in [4.69, 9.17) is 5.73 Å². The van der Waals surface area contributed by atoms with Crippen LogP contribution >= 0.6 is 0 Å². The van der Waals surface area contributed by atoms with Crippen LogP contribution in [0.3, 0.4) is 0 Å².